The van der Waals surface area contributed by atoms with Crippen LogP contribution in [0, 0.1) is 0 Å². The molecular formula is C23H21Cl2NO4. The maximum absolute atomic E-state index is 13.2. The number of phenolic OH excluding ortho intramolecular Hbond substituents is 1. The Bertz CT molecular complexity index is 1060. The maximum Gasteiger partial charge on any atom is 0.225 e. The third-order valence-corrected chi connectivity index (χ3v) is 6.38. The lowest BCUT2D eigenvalue weighted by atomic mass is 9.73. The predicted molar refractivity (Wildman–Crippen MR) is 115 cm³/mol. The number of carbonyl (C=O) groups excluding carboxylic acids is 2. The number of amides is 1. The van der Waals surface area contributed by atoms with E-state index in [1.807, 2.05) is 13.0 Å². The van der Waals surface area contributed by atoms with Gasteiger partial charge in [0.05, 0.1) is 16.7 Å². The van der Waals surface area contributed by atoms with Crippen LogP contribution in [0.4, 0.5) is 0 Å². The number of ether oxygens (including phenoxy) is 1. The largest absolute Gasteiger partial charge is 0.504 e. The smallest absolute Gasteiger partial charge is 0.225 e. The molecule has 0 saturated heterocycles. The van der Waals surface area contributed by atoms with Crippen LogP contribution in [0.1, 0.15) is 49.1 Å². The predicted octanol–water partition coefficient (Wildman–Crippen LogP) is 5.10. The molecule has 2 N–H and O–H groups in total. The Hall–Kier alpha value is -2.50. The molecule has 1 amide bonds. The Kier molecular flexibility index (Phi) is 5.76. The number of ketones is 1. The third kappa shape index (κ3) is 3.92. The van der Waals surface area contributed by atoms with Crippen molar-refractivity contribution in [3.8, 4) is 11.5 Å². The Morgan fingerprint density at radius 3 is 2.53 bits per heavy atom. The first-order chi connectivity index (χ1) is 14.4. The molecule has 0 aromatic heterocycles. The molecule has 0 fully saturated rings. The van der Waals surface area contributed by atoms with Gasteiger partial charge in [0.2, 0.25) is 5.91 Å². The Labute approximate surface area is 184 Å². The van der Waals surface area contributed by atoms with Crippen LogP contribution in [0.25, 0.3) is 0 Å². The number of hydrogen-bond donors (Lipinski definition) is 2. The van der Waals surface area contributed by atoms with Gasteiger partial charge in [-0.3, -0.25) is 9.59 Å². The molecule has 4 rings (SSSR count). The average Bonchev–Trinajstić information content (AvgIpc) is 2.71. The van der Waals surface area contributed by atoms with Gasteiger partial charge in [-0.1, -0.05) is 35.3 Å². The molecule has 1 aliphatic heterocycles. The van der Waals surface area contributed by atoms with Crippen molar-refractivity contribution < 1.29 is 19.4 Å². The number of aromatic hydroxyl groups is 1. The van der Waals surface area contributed by atoms with Gasteiger partial charge < -0.3 is 15.2 Å². The first kappa shape index (κ1) is 20.8. The van der Waals surface area contributed by atoms with E-state index in [1.165, 1.54) is 0 Å². The maximum atomic E-state index is 13.2. The Balaban J connectivity index is 1.70. The summed E-state index contributed by atoms with van der Waals surface area (Å²) in [7, 11) is 0. The molecule has 0 spiro atoms. The van der Waals surface area contributed by atoms with Crippen molar-refractivity contribution in [1.29, 1.82) is 0 Å². The van der Waals surface area contributed by atoms with Crippen molar-refractivity contribution in [2.75, 3.05) is 6.61 Å². The fraction of sp³-hybridized carbons (Fsp3) is 0.304. The third-order valence-electron chi connectivity index (χ3n) is 5.64. The summed E-state index contributed by atoms with van der Waals surface area (Å²) < 4.78 is 5.48. The zero-order valence-electron chi connectivity index (χ0n) is 16.4. The Morgan fingerprint density at radius 1 is 1.03 bits per heavy atom. The summed E-state index contributed by atoms with van der Waals surface area (Å²) in [5.74, 6) is -0.194. The molecule has 2 unspecified atom stereocenters. The van der Waals surface area contributed by atoms with E-state index >= 15 is 0 Å². The van der Waals surface area contributed by atoms with Gasteiger partial charge in [-0.25, -0.2) is 0 Å². The van der Waals surface area contributed by atoms with Gasteiger partial charge in [0.1, 0.15) is 0 Å². The highest BCUT2D eigenvalue weighted by atomic mass is 35.5. The summed E-state index contributed by atoms with van der Waals surface area (Å²) in [6, 6.07) is 10.4. The number of Topliss-reactive ketones (excluding diaryl/α,β-unsaturated/α-hetero) is 1. The lowest BCUT2D eigenvalue weighted by Crippen LogP contribution is -2.38. The monoisotopic (exact) mass is 445 g/mol. The highest BCUT2D eigenvalue weighted by Gasteiger charge is 2.38. The number of phenols is 1. The lowest BCUT2D eigenvalue weighted by molar-refractivity contribution is -0.122. The van der Waals surface area contributed by atoms with E-state index in [1.54, 1.807) is 30.3 Å². The molecule has 0 saturated carbocycles. The molecule has 0 bridgehead atoms. The van der Waals surface area contributed by atoms with Gasteiger partial charge >= 0.3 is 0 Å². The minimum Gasteiger partial charge on any atom is -0.504 e. The van der Waals surface area contributed by atoms with Crippen LogP contribution in [0.15, 0.2) is 47.7 Å². The number of allylic oxidation sites excluding steroid dienone is 2. The average molecular weight is 446 g/mol. The van der Waals surface area contributed by atoms with Gasteiger partial charge in [-0.2, -0.15) is 0 Å². The molecule has 2 aromatic rings. The van der Waals surface area contributed by atoms with Crippen molar-refractivity contribution in [2.45, 2.75) is 38.0 Å². The van der Waals surface area contributed by atoms with E-state index in [2.05, 4.69) is 5.32 Å². The van der Waals surface area contributed by atoms with Crippen molar-refractivity contribution in [3.63, 3.8) is 0 Å². The van der Waals surface area contributed by atoms with E-state index in [9.17, 15) is 14.7 Å². The van der Waals surface area contributed by atoms with Gasteiger partial charge in [0, 0.05) is 30.0 Å². The highest BCUT2D eigenvalue weighted by Crippen LogP contribution is 2.44. The normalized spacial score (nSPS) is 21.3. The van der Waals surface area contributed by atoms with Crippen LogP contribution in [0.3, 0.4) is 0 Å². The highest BCUT2D eigenvalue weighted by molar-refractivity contribution is 6.42. The molecule has 2 aliphatic rings. The van der Waals surface area contributed by atoms with Crippen molar-refractivity contribution in [3.05, 3.63) is 68.8 Å². The van der Waals surface area contributed by atoms with Gasteiger partial charge in [0.15, 0.2) is 17.3 Å². The minimum absolute atomic E-state index is 0.00311. The quantitative estimate of drug-likeness (QED) is 0.685. The number of rotatable bonds is 4. The summed E-state index contributed by atoms with van der Waals surface area (Å²) in [5, 5.41) is 13.8. The molecule has 7 heteroatoms. The number of halogens is 2. The fourth-order valence-corrected chi connectivity index (χ4v) is 4.57. The van der Waals surface area contributed by atoms with Crippen molar-refractivity contribution in [1.82, 2.24) is 5.32 Å². The Morgan fingerprint density at radius 2 is 1.80 bits per heavy atom. The van der Waals surface area contributed by atoms with E-state index in [0.29, 0.717) is 46.5 Å². The second-order valence-electron chi connectivity index (χ2n) is 7.56. The molecule has 1 heterocycles. The standard InChI is InChI=1S/C23H21Cl2NO4/c1-2-30-21-10-13(4-6-19(21)27)15-11-22(29)26-18-8-14(9-20(28)23(15)18)12-3-5-16(24)17(25)7-12/h3-7,10,14-15,27H,2,8-9,11H2,1H3,(H,26,29). The zero-order valence-corrected chi connectivity index (χ0v) is 17.9. The molecule has 30 heavy (non-hydrogen) atoms. The first-order valence-corrected chi connectivity index (χ1v) is 10.6. The van der Waals surface area contributed by atoms with E-state index in [0.717, 1.165) is 11.1 Å². The van der Waals surface area contributed by atoms with E-state index in [-0.39, 0.29) is 35.7 Å². The van der Waals surface area contributed by atoms with Crippen LogP contribution in [-0.2, 0) is 9.59 Å². The molecular weight excluding hydrogens is 425 g/mol. The molecule has 156 valence electrons. The van der Waals surface area contributed by atoms with E-state index in [4.69, 9.17) is 27.9 Å². The van der Waals surface area contributed by atoms with Crippen LogP contribution in [0.5, 0.6) is 11.5 Å². The molecule has 5 nitrogen and oxygen atoms in total. The topological polar surface area (TPSA) is 75.6 Å². The summed E-state index contributed by atoms with van der Waals surface area (Å²) >= 11 is 12.2. The van der Waals surface area contributed by atoms with E-state index < -0.39 is 0 Å². The lowest BCUT2D eigenvalue weighted by Gasteiger charge is -2.34. The SMILES string of the molecule is CCOc1cc(C2CC(=O)NC3=C2C(=O)CC(c2ccc(Cl)c(Cl)c2)C3)ccc1O. The van der Waals surface area contributed by atoms with Gasteiger partial charge in [-0.05, 0) is 54.7 Å². The van der Waals surface area contributed by atoms with Gasteiger partial charge in [-0.15, -0.1) is 0 Å². The molecule has 2 aromatic carbocycles. The number of carbonyl (C=O) groups is 2. The number of benzene rings is 2. The van der Waals surface area contributed by atoms with Gasteiger partial charge in [0.25, 0.3) is 0 Å². The van der Waals surface area contributed by atoms with Crippen LogP contribution in [0.2, 0.25) is 10.0 Å². The number of hydrogen-bond acceptors (Lipinski definition) is 4. The van der Waals surface area contributed by atoms with Crippen LogP contribution < -0.4 is 10.1 Å². The van der Waals surface area contributed by atoms with Crippen LogP contribution >= 0.6 is 23.2 Å². The first-order valence-electron chi connectivity index (χ1n) is 9.84. The fourth-order valence-electron chi connectivity index (χ4n) is 4.27. The van der Waals surface area contributed by atoms with Crippen LogP contribution in [-0.4, -0.2) is 23.4 Å². The molecule has 1 aliphatic carbocycles. The van der Waals surface area contributed by atoms with Crippen molar-refractivity contribution in [2.24, 2.45) is 0 Å². The second-order valence-corrected chi connectivity index (χ2v) is 8.37. The summed E-state index contributed by atoms with van der Waals surface area (Å²) in [6.07, 6.45) is 1.05. The second kappa shape index (κ2) is 8.32. The molecule has 2 atom stereocenters. The van der Waals surface area contributed by atoms with Crippen molar-refractivity contribution >= 4 is 34.9 Å². The minimum atomic E-state index is -0.365. The summed E-state index contributed by atoms with van der Waals surface area (Å²) in [4.78, 5) is 25.6. The zero-order chi connectivity index (χ0) is 21.4. The summed E-state index contributed by atoms with van der Waals surface area (Å²) in [5.41, 5.74) is 3.00. The number of nitrogens with one attached hydrogen (secondary N) is 1. The summed E-state index contributed by atoms with van der Waals surface area (Å²) in [6.45, 7) is 2.23. The molecule has 0 radical (unpaired) electrons.